The third kappa shape index (κ3) is 3.58. The van der Waals surface area contributed by atoms with Crippen LogP contribution >= 0.6 is 0 Å². The lowest BCUT2D eigenvalue weighted by Crippen LogP contribution is -2.05. The predicted octanol–water partition coefficient (Wildman–Crippen LogP) is 5.23. The Morgan fingerprint density at radius 3 is 2.60 bits per heavy atom. The molecule has 0 spiro atoms. The smallest absolute Gasteiger partial charge is 0.342 e. The van der Waals surface area contributed by atoms with E-state index < -0.39 is 5.97 Å². The summed E-state index contributed by atoms with van der Waals surface area (Å²) >= 11 is 0. The largest absolute Gasteiger partial charge is 0.489 e. The van der Waals surface area contributed by atoms with Gasteiger partial charge in [-0.2, -0.15) is 0 Å². The van der Waals surface area contributed by atoms with Gasteiger partial charge >= 0.3 is 5.97 Å². The van der Waals surface area contributed by atoms with E-state index in [2.05, 4.69) is 6.58 Å². The van der Waals surface area contributed by atoms with Crippen molar-refractivity contribution < 1.29 is 18.7 Å². The molecule has 4 heteroatoms. The van der Waals surface area contributed by atoms with Crippen LogP contribution in [0.3, 0.4) is 0 Å². The van der Waals surface area contributed by atoms with Gasteiger partial charge in [0, 0.05) is 10.9 Å². The standard InChI is InChI=1S/C21H20O4/c1-4-23-21(22)19-17-12-16(24-13-14(2)3)10-11-18(17)25-20(19)15-8-6-5-7-9-15/h5-12H,2,4,13H2,1,3H3. The highest BCUT2D eigenvalue weighted by molar-refractivity contribution is 6.09. The first kappa shape index (κ1) is 16.8. The molecule has 3 rings (SSSR count). The summed E-state index contributed by atoms with van der Waals surface area (Å²) in [5, 5.41) is 0.677. The molecule has 0 saturated carbocycles. The molecule has 0 atom stereocenters. The molecular weight excluding hydrogens is 316 g/mol. The van der Waals surface area contributed by atoms with Crippen LogP contribution in [0.5, 0.6) is 5.75 Å². The van der Waals surface area contributed by atoms with Crippen LogP contribution in [0.2, 0.25) is 0 Å². The molecule has 0 unspecified atom stereocenters. The highest BCUT2D eigenvalue weighted by Gasteiger charge is 2.23. The molecule has 0 N–H and O–H groups in total. The first-order valence-corrected chi connectivity index (χ1v) is 8.16. The minimum atomic E-state index is -0.405. The Morgan fingerprint density at radius 2 is 1.92 bits per heavy atom. The molecule has 2 aromatic carbocycles. The fourth-order valence-electron chi connectivity index (χ4n) is 2.57. The van der Waals surface area contributed by atoms with E-state index in [-0.39, 0.29) is 0 Å². The molecule has 0 amide bonds. The van der Waals surface area contributed by atoms with Crippen molar-refractivity contribution in [2.24, 2.45) is 0 Å². The lowest BCUT2D eigenvalue weighted by atomic mass is 10.1. The van der Waals surface area contributed by atoms with Gasteiger partial charge in [0.05, 0.1) is 6.61 Å². The molecule has 0 aliphatic rings. The molecule has 1 aromatic heterocycles. The second-order valence-electron chi connectivity index (χ2n) is 5.80. The molecule has 0 bridgehead atoms. The number of benzene rings is 2. The van der Waals surface area contributed by atoms with E-state index in [0.29, 0.717) is 41.3 Å². The summed E-state index contributed by atoms with van der Waals surface area (Å²) in [5.74, 6) is 0.754. The quantitative estimate of drug-likeness (QED) is 0.457. The molecule has 128 valence electrons. The molecule has 3 aromatic rings. The Hall–Kier alpha value is -3.01. The summed E-state index contributed by atoms with van der Waals surface area (Å²) in [7, 11) is 0. The normalized spacial score (nSPS) is 10.6. The van der Waals surface area contributed by atoms with Crippen LogP contribution in [-0.2, 0) is 4.74 Å². The second-order valence-corrected chi connectivity index (χ2v) is 5.80. The van der Waals surface area contributed by atoms with Crippen LogP contribution in [0.15, 0.2) is 65.1 Å². The summed E-state index contributed by atoms with van der Waals surface area (Å²) in [5.41, 5.74) is 2.78. The van der Waals surface area contributed by atoms with E-state index in [1.807, 2.05) is 43.3 Å². The summed E-state index contributed by atoms with van der Waals surface area (Å²) < 4.78 is 16.9. The van der Waals surface area contributed by atoms with Gasteiger partial charge in [0.1, 0.15) is 29.3 Å². The number of fused-ring (bicyclic) bond motifs is 1. The van der Waals surface area contributed by atoms with E-state index >= 15 is 0 Å². The maximum absolute atomic E-state index is 12.6. The molecular formula is C21H20O4. The highest BCUT2D eigenvalue weighted by atomic mass is 16.5. The first-order chi connectivity index (χ1) is 12.1. The number of furan rings is 1. The maximum atomic E-state index is 12.6. The predicted molar refractivity (Wildman–Crippen MR) is 97.9 cm³/mol. The van der Waals surface area contributed by atoms with Crippen molar-refractivity contribution in [2.45, 2.75) is 13.8 Å². The van der Waals surface area contributed by atoms with Crippen molar-refractivity contribution in [2.75, 3.05) is 13.2 Å². The molecule has 0 aliphatic heterocycles. The Labute approximate surface area is 146 Å². The van der Waals surface area contributed by atoms with Crippen molar-refractivity contribution in [1.82, 2.24) is 0 Å². The molecule has 0 saturated heterocycles. The molecule has 1 heterocycles. The number of rotatable bonds is 6. The Balaban J connectivity index is 2.14. The van der Waals surface area contributed by atoms with Gasteiger partial charge in [0.2, 0.25) is 0 Å². The van der Waals surface area contributed by atoms with E-state index in [9.17, 15) is 4.79 Å². The topological polar surface area (TPSA) is 48.7 Å². The van der Waals surface area contributed by atoms with Gasteiger partial charge in [-0.1, -0.05) is 36.9 Å². The number of carbonyl (C=O) groups excluding carboxylic acids is 1. The van der Waals surface area contributed by atoms with Crippen LogP contribution in [0, 0.1) is 0 Å². The number of carbonyl (C=O) groups is 1. The summed E-state index contributed by atoms with van der Waals surface area (Å²) in [6.45, 7) is 8.22. The molecule has 0 fully saturated rings. The van der Waals surface area contributed by atoms with Gasteiger partial charge in [0.25, 0.3) is 0 Å². The van der Waals surface area contributed by atoms with Crippen molar-refractivity contribution in [1.29, 1.82) is 0 Å². The Bertz CT molecular complexity index is 906. The summed E-state index contributed by atoms with van der Waals surface area (Å²) in [4.78, 5) is 12.6. The van der Waals surface area contributed by atoms with Crippen molar-refractivity contribution in [3.8, 4) is 17.1 Å². The Morgan fingerprint density at radius 1 is 1.16 bits per heavy atom. The van der Waals surface area contributed by atoms with Crippen LogP contribution < -0.4 is 4.74 Å². The average molecular weight is 336 g/mol. The molecule has 25 heavy (non-hydrogen) atoms. The van der Waals surface area contributed by atoms with Crippen molar-refractivity contribution in [3.05, 3.63) is 66.2 Å². The number of esters is 1. The minimum absolute atomic E-state index is 0.297. The van der Waals surface area contributed by atoms with Crippen LogP contribution in [0.4, 0.5) is 0 Å². The molecule has 0 radical (unpaired) electrons. The van der Waals surface area contributed by atoms with Gasteiger partial charge in [-0.15, -0.1) is 0 Å². The fraction of sp³-hybridized carbons (Fsp3) is 0.190. The minimum Gasteiger partial charge on any atom is -0.489 e. The maximum Gasteiger partial charge on any atom is 0.342 e. The number of ether oxygens (including phenoxy) is 2. The SMILES string of the molecule is C=C(C)COc1ccc2oc(-c3ccccc3)c(C(=O)OCC)c2c1. The monoisotopic (exact) mass is 336 g/mol. The third-order valence-corrected chi connectivity index (χ3v) is 3.66. The third-order valence-electron chi connectivity index (χ3n) is 3.66. The van der Waals surface area contributed by atoms with Gasteiger partial charge in [0.15, 0.2) is 0 Å². The highest BCUT2D eigenvalue weighted by Crippen LogP contribution is 2.36. The zero-order valence-electron chi connectivity index (χ0n) is 14.4. The van der Waals surface area contributed by atoms with Gasteiger partial charge in [-0.3, -0.25) is 0 Å². The molecule has 4 nitrogen and oxygen atoms in total. The lowest BCUT2D eigenvalue weighted by Gasteiger charge is -2.06. The lowest BCUT2D eigenvalue weighted by molar-refractivity contribution is 0.0529. The van der Waals surface area contributed by atoms with E-state index in [4.69, 9.17) is 13.9 Å². The van der Waals surface area contributed by atoms with Crippen molar-refractivity contribution in [3.63, 3.8) is 0 Å². The van der Waals surface area contributed by atoms with Gasteiger partial charge in [-0.05, 0) is 37.6 Å². The van der Waals surface area contributed by atoms with Crippen molar-refractivity contribution >= 4 is 16.9 Å². The first-order valence-electron chi connectivity index (χ1n) is 8.16. The fourth-order valence-corrected chi connectivity index (χ4v) is 2.57. The Kier molecular flexibility index (Phi) is 4.89. The van der Waals surface area contributed by atoms with E-state index in [0.717, 1.165) is 11.1 Å². The average Bonchev–Trinajstić information content (AvgIpc) is 2.99. The zero-order chi connectivity index (χ0) is 17.8. The van der Waals surface area contributed by atoms with E-state index in [1.54, 1.807) is 19.1 Å². The molecule has 0 aliphatic carbocycles. The van der Waals surface area contributed by atoms with Crippen LogP contribution in [-0.4, -0.2) is 19.2 Å². The second kappa shape index (κ2) is 7.26. The number of hydrogen-bond donors (Lipinski definition) is 0. The van der Waals surface area contributed by atoms with Crippen LogP contribution in [0.1, 0.15) is 24.2 Å². The van der Waals surface area contributed by atoms with Crippen LogP contribution in [0.25, 0.3) is 22.3 Å². The zero-order valence-corrected chi connectivity index (χ0v) is 14.4. The summed E-state index contributed by atoms with van der Waals surface area (Å²) in [6.07, 6.45) is 0. The number of hydrogen-bond acceptors (Lipinski definition) is 4. The van der Waals surface area contributed by atoms with E-state index in [1.165, 1.54) is 0 Å². The van der Waals surface area contributed by atoms with Gasteiger partial charge < -0.3 is 13.9 Å². The summed E-state index contributed by atoms with van der Waals surface area (Å²) in [6, 6.07) is 15.0. The van der Waals surface area contributed by atoms with Gasteiger partial charge in [-0.25, -0.2) is 4.79 Å².